The van der Waals surface area contributed by atoms with Crippen LogP contribution in [0.4, 0.5) is 11.4 Å². The highest BCUT2D eigenvalue weighted by Gasteiger charge is 2.18. The topological polar surface area (TPSA) is 128 Å². The Morgan fingerprint density at radius 3 is 2.71 bits per heavy atom. The first kappa shape index (κ1) is 19.9. The average Bonchev–Trinajstić information content (AvgIpc) is 3.19. The number of phenols is 1. The van der Waals surface area contributed by atoms with Gasteiger partial charge in [-0.2, -0.15) is 0 Å². The predicted molar refractivity (Wildman–Crippen MR) is 113 cm³/mol. The van der Waals surface area contributed by atoms with E-state index in [1.807, 2.05) is 12.1 Å². The number of para-hydroxylation sites is 4. The number of benzene rings is 3. The van der Waals surface area contributed by atoms with Crippen molar-refractivity contribution in [2.45, 2.75) is 6.92 Å². The molecule has 4 rings (SSSR count). The number of hydrogen-bond acceptors (Lipinski definition) is 7. The summed E-state index contributed by atoms with van der Waals surface area (Å²) in [6, 6.07) is 16.1. The number of anilines is 1. The number of nitrogens with one attached hydrogen (secondary N) is 1. The van der Waals surface area contributed by atoms with Gasteiger partial charge in [0.05, 0.1) is 10.5 Å². The molecular weight excluding hydrogens is 402 g/mol. The van der Waals surface area contributed by atoms with E-state index in [1.165, 1.54) is 24.3 Å². The van der Waals surface area contributed by atoms with E-state index in [1.54, 1.807) is 31.2 Å². The number of oxazole rings is 1. The van der Waals surface area contributed by atoms with Crippen LogP contribution in [0.5, 0.6) is 11.5 Å². The van der Waals surface area contributed by atoms with Crippen LogP contribution in [0.2, 0.25) is 0 Å². The smallest absolute Gasteiger partial charge is 0.310 e. The minimum absolute atomic E-state index is 0.00305. The Kier molecular flexibility index (Phi) is 5.23. The molecule has 1 aromatic heterocycles. The third-order valence-electron chi connectivity index (χ3n) is 4.53. The minimum atomic E-state index is -0.580. The average molecular weight is 419 g/mol. The number of nitrogens with zero attached hydrogens (tertiary/aromatic N) is 2. The number of aryl methyl sites for hydroxylation is 1. The maximum atomic E-state index is 12.3. The normalized spacial score (nSPS) is 10.7. The molecular formula is C22H17N3O6. The van der Waals surface area contributed by atoms with Crippen molar-refractivity contribution in [3.05, 3.63) is 76.3 Å². The van der Waals surface area contributed by atoms with Crippen LogP contribution in [0.3, 0.4) is 0 Å². The van der Waals surface area contributed by atoms with E-state index in [9.17, 15) is 20.0 Å². The number of carbonyl (C=O) groups excluding carboxylic acids is 1. The molecule has 2 N–H and O–H groups in total. The first-order chi connectivity index (χ1) is 14.9. The molecule has 3 aromatic carbocycles. The Morgan fingerprint density at radius 1 is 1.19 bits per heavy atom. The van der Waals surface area contributed by atoms with Crippen molar-refractivity contribution in [1.82, 2.24) is 4.98 Å². The van der Waals surface area contributed by atoms with Gasteiger partial charge in [0.25, 0.3) is 5.91 Å². The standard InChI is InChI=1S/C22H17N3O6/c1-13-10-14(23-20(26)12-30-19-9-5-3-7-17(19)25(28)29)11-15(21(13)27)22-24-16-6-2-4-8-18(16)31-22/h2-11,27H,12H2,1H3,(H,23,26). The quantitative estimate of drug-likeness (QED) is 0.269. The number of fused-ring (bicyclic) bond motifs is 1. The monoisotopic (exact) mass is 419 g/mol. The molecule has 4 aromatic rings. The molecule has 0 saturated carbocycles. The van der Waals surface area contributed by atoms with Crippen LogP contribution in [-0.4, -0.2) is 27.5 Å². The lowest BCUT2D eigenvalue weighted by Gasteiger charge is -2.11. The molecule has 0 radical (unpaired) electrons. The van der Waals surface area contributed by atoms with Crippen LogP contribution in [0.15, 0.2) is 65.1 Å². The molecule has 0 saturated heterocycles. The Bertz CT molecular complexity index is 1260. The van der Waals surface area contributed by atoms with Gasteiger partial charge < -0.3 is 19.6 Å². The van der Waals surface area contributed by atoms with Gasteiger partial charge >= 0.3 is 5.69 Å². The first-order valence-electron chi connectivity index (χ1n) is 9.28. The zero-order chi connectivity index (χ0) is 22.0. The Hall–Kier alpha value is -4.40. The number of nitro benzene ring substituents is 1. The molecule has 0 atom stereocenters. The van der Waals surface area contributed by atoms with Gasteiger partial charge in [0.1, 0.15) is 11.3 Å². The number of aromatic hydroxyl groups is 1. The summed E-state index contributed by atoms with van der Waals surface area (Å²) in [4.78, 5) is 27.2. The lowest BCUT2D eigenvalue weighted by atomic mass is 10.1. The summed E-state index contributed by atoms with van der Waals surface area (Å²) in [5.41, 5.74) is 2.21. The first-order valence-corrected chi connectivity index (χ1v) is 9.28. The number of nitro groups is 1. The van der Waals surface area contributed by atoms with E-state index >= 15 is 0 Å². The number of phenolic OH excluding ortho intramolecular Hbond substituents is 1. The van der Waals surface area contributed by atoms with Crippen LogP contribution in [0, 0.1) is 17.0 Å². The highest BCUT2D eigenvalue weighted by molar-refractivity contribution is 5.93. The van der Waals surface area contributed by atoms with E-state index in [2.05, 4.69) is 10.3 Å². The number of aromatic nitrogens is 1. The van der Waals surface area contributed by atoms with Crippen molar-refractivity contribution in [2.75, 3.05) is 11.9 Å². The fourth-order valence-electron chi connectivity index (χ4n) is 3.07. The summed E-state index contributed by atoms with van der Waals surface area (Å²) in [6.07, 6.45) is 0. The lowest BCUT2D eigenvalue weighted by molar-refractivity contribution is -0.385. The minimum Gasteiger partial charge on any atom is -0.507 e. The number of hydrogen-bond donors (Lipinski definition) is 2. The summed E-state index contributed by atoms with van der Waals surface area (Å²) >= 11 is 0. The van der Waals surface area contributed by atoms with E-state index in [0.29, 0.717) is 27.9 Å². The summed E-state index contributed by atoms with van der Waals surface area (Å²) in [5.74, 6) is -0.321. The van der Waals surface area contributed by atoms with Crippen molar-refractivity contribution < 1.29 is 24.0 Å². The second-order valence-corrected chi connectivity index (χ2v) is 6.74. The predicted octanol–water partition coefficient (Wildman–Crippen LogP) is 4.43. The van der Waals surface area contributed by atoms with Crippen molar-refractivity contribution >= 4 is 28.4 Å². The van der Waals surface area contributed by atoms with Gasteiger partial charge in [-0.1, -0.05) is 24.3 Å². The van der Waals surface area contributed by atoms with Gasteiger partial charge in [-0.05, 0) is 42.8 Å². The maximum absolute atomic E-state index is 12.3. The molecule has 31 heavy (non-hydrogen) atoms. The van der Waals surface area contributed by atoms with E-state index in [4.69, 9.17) is 9.15 Å². The zero-order valence-corrected chi connectivity index (χ0v) is 16.4. The van der Waals surface area contributed by atoms with Gasteiger partial charge in [-0.15, -0.1) is 0 Å². The van der Waals surface area contributed by atoms with Gasteiger partial charge in [0.15, 0.2) is 17.9 Å². The van der Waals surface area contributed by atoms with Crippen molar-refractivity contribution in [3.63, 3.8) is 0 Å². The molecule has 0 unspecified atom stereocenters. The number of carbonyl (C=O) groups is 1. The molecule has 0 bridgehead atoms. The molecule has 1 heterocycles. The molecule has 1 amide bonds. The number of rotatable bonds is 6. The number of ether oxygens (including phenoxy) is 1. The zero-order valence-electron chi connectivity index (χ0n) is 16.4. The van der Waals surface area contributed by atoms with E-state index < -0.39 is 17.4 Å². The SMILES string of the molecule is Cc1cc(NC(=O)COc2ccccc2[N+](=O)[O-])cc(-c2nc3ccccc3o2)c1O. The van der Waals surface area contributed by atoms with Crippen LogP contribution in [-0.2, 0) is 4.79 Å². The Morgan fingerprint density at radius 2 is 1.94 bits per heavy atom. The van der Waals surface area contributed by atoms with Crippen LogP contribution >= 0.6 is 0 Å². The van der Waals surface area contributed by atoms with Crippen molar-refractivity contribution in [2.24, 2.45) is 0 Å². The highest BCUT2D eigenvalue weighted by atomic mass is 16.6. The van der Waals surface area contributed by atoms with Crippen molar-refractivity contribution in [3.8, 4) is 23.0 Å². The molecule has 0 spiro atoms. The molecule has 0 aliphatic rings. The van der Waals surface area contributed by atoms with Crippen molar-refractivity contribution in [1.29, 1.82) is 0 Å². The lowest BCUT2D eigenvalue weighted by Crippen LogP contribution is -2.20. The Balaban J connectivity index is 1.54. The van der Waals surface area contributed by atoms with Crippen LogP contribution in [0.1, 0.15) is 5.56 Å². The van der Waals surface area contributed by atoms with Crippen LogP contribution in [0.25, 0.3) is 22.6 Å². The largest absolute Gasteiger partial charge is 0.507 e. The Labute approximate surface area is 176 Å². The third-order valence-corrected chi connectivity index (χ3v) is 4.53. The molecule has 9 heteroatoms. The van der Waals surface area contributed by atoms with E-state index in [0.717, 1.165) is 0 Å². The summed E-state index contributed by atoms with van der Waals surface area (Å²) in [6.45, 7) is 1.25. The molecule has 156 valence electrons. The van der Waals surface area contributed by atoms with E-state index in [-0.39, 0.29) is 23.1 Å². The summed E-state index contributed by atoms with van der Waals surface area (Å²) < 4.78 is 11.0. The molecule has 0 aliphatic heterocycles. The third kappa shape index (κ3) is 4.15. The second-order valence-electron chi connectivity index (χ2n) is 6.74. The van der Waals surface area contributed by atoms with Gasteiger partial charge in [0.2, 0.25) is 5.89 Å². The highest BCUT2D eigenvalue weighted by Crippen LogP contribution is 2.36. The fraction of sp³-hybridized carbons (Fsp3) is 0.0909. The fourth-order valence-corrected chi connectivity index (χ4v) is 3.07. The summed E-state index contributed by atoms with van der Waals surface area (Å²) in [7, 11) is 0. The van der Waals surface area contributed by atoms with Gasteiger partial charge in [-0.25, -0.2) is 4.98 Å². The van der Waals surface area contributed by atoms with Crippen LogP contribution < -0.4 is 10.1 Å². The van der Waals surface area contributed by atoms with Gasteiger partial charge in [-0.3, -0.25) is 14.9 Å². The van der Waals surface area contributed by atoms with Gasteiger partial charge in [0, 0.05) is 11.8 Å². The number of amides is 1. The summed E-state index contributed by atoms with van der Waals surface area (Å²) in [5, 5.41) is 24.2. The molecule has 9 nitrogen and oxygen atoms in total. The molecule has 0 fully saturated rings. The maximum Gasteiger partial charge on any atom is 0.310 e. The molecule has 0 aliphatic carbocycles. The second kappa shape index (κ2) is 8.15.